The molecule has 3 N–H and O–H groups in total. The smallest absolute Gasteiger partial charge is 0.257 e. The van der Waals surface area contributed by atoms with E-state index < -0.39 is 5.91 Å². The van der Waals surface area contributed by atoms with Gasteiger partial charge in [-0.15, -0.1) is 11.3 Å². The summed E-state index contributed by atoms with van der Waals surface area (Å²) < 4.78 is 0.937. The zero-order valence-electron chi connectivity index (χ0n) is 18.7. The first-order valence-corrected chi connectivity index (χ1v) is 13.0. The molecule has 5 nitrogen and oxygen atoms in total. The highest BCUT2D eigenvalue weighted by atomic mass is 79.9. The number of amides is 2. The Balaban J connectivity index is 1.57. The molecule has 2 aromatic carbocycles. The predicted molar refractivity (Wildman–Crippen MR) is 141 cm³/mol. The maximum atomic E-state index is 13.6. The number of benzene rings is 2. The maximum absolute atomic E-state index is 13.6. The quantitative estimate of drug-likeness (QED) is 0.303. The largest absolute Gasteiger partial charge is 0.365 e. The molecule has 5 rings (SSSR count). The third-order valence-electron chi connectivity index (χ3n) is 6.50. The molecule has 1 aliphatic carbocycles. The Bertz CT molecular complexity index is 1430. The fourth-order valence-corrected chi connectivity index (χ4v) is 6.44. The number of fused-ring (bicyclic) bond motifs is 2. The van der Waals surface area contributed by atoms with Crippen LogP contribution in [0.2, 0.25) is 0 Å². The van der Waals surface area contributed by atoms with Crippen LogP contribution in [0, 0.1) is 5.92 Å². The van der Waals surface area contributed by atoms with Crippen molar-refractivity contribution in [3.63, 3.8) is 0 Å². The summed E-state index contributed by atoms with van der Waals surface area (Å²) in [5.74, 6) is -0.160. The minimum atomic E-state index is -0.489. The summed E-state index contributed by atoms with van der Waals surface area (Å²) in [6, 6.07) is 17.2. The Morgan fingerprint density at radius 3 is 2.76 bits per heavy atom. The summed E-state index contributed by atoms with van der Waals surface area (Å²) in [7, 11) is 0. The molecule has 34 heavy (non-hydrogen) atoms. The van der Waals surface area contributed by atoms with Crippen molar-refractivity contribution >= 4 is 55.0 Å². The van der Waals surface area contributed by atoms with Gasteiger partial charge in [0.1, 0.15) is 5.00 Å². The molecule has 0 spiro atoms. The van der Waals surface area contributed by atoms with Gasteiger partial charge < -0.3 is 11.1 Å². The lowest BCUT2D eigenvalue weighted by Gasteiger charge is -2.20. The Morgan fingerprint density at radius 1 is 1.18 bits per heavy atom. The Labute approximate surface area is 210 Å². The standard InChI is InChI=1S/C27H24BrN3O2S/c1-2-15-10-11-19-23(12-15)34-27(24(19)25(29)32)31-26(33)20-14-22(16-6-5-7-17(28)13-16)30-21-9-4-3-8-18(20)21/h3-9,13-15H,2,10-12H2,1H3,(H2,29,32)(H,31,33)/t15-/m0/s1. The van der Waals surface area contributed by atoms with Gasteiger partial charge in [-0.2, -0.15) is 0 Å². The number of nitrogens with one attached hydrogen (secondary N) is 1. The minimum Gasteiger partial charge on any atom is -0.365 e. The third-order valence-corrected chi connectivity index (χ3v) is 8.16. The van der Waals surface area contributed by atoms with Crippen molar-refractivity contribution in [2.24, 2.45) is 11.7 Å². The number of hydrogen-bond acceptors (Lipinski definition) is 4. The number of primary amides is 1. The number of anilines is 1. The Hall–Kier alpha value is -3.03. The van der Waals surface area contributed by atoms with E-state index in [1.807, 2.05) is 54.6 Å². The van der Waals surface area contributed by atoms with Gasteiger partial charge in [0.15, 0.2) is 0 Å². The maximum Gasteiger partial charge on any atom is 0.257 e. The third kappa shape index (κ3) is 4.26. The summed E-state index contributed by atoms with van der Waals surface area (Å²) in [5.41, 5.74) is 10.1. The van der Waals surface area contributed by atoms with Gasteiger partial charge in [0.25, 0.3) is 11.8 Å². The number of nitrogens with zero attached hydrogens (tertiary/aromatic N) is 1. The van der Waals surface area contributed by atoms with Crippen molar-refractivity contribution in [1.82, 2.24) is 4.98 Å². The lowest BCUT2D eigenvalue weighted by atomic mass is 9.85. The van der Waals surface area contributed by atoms with E-state index in [0.29, 0.717) is 27.7 Å². The van der Waals surface area contributed by atoms with Gasteiger partial charge >= 0.3 is 0 Å². The average Bonchev–Trinajstić information content (AvgIpc) is 3.20. The second-order valence-corrected chi connectivity index (χ2v) is 10.6. The monoisotopic (exact) mass is 533 g/mol. The molecule has 1 aliphatic rings. The van der Waals surface area contributed by atoms with Crippen LogP contribution in [0.5, 0.6) is 0 Å². The van der Waals surface area contributed by atoms with E-state index >= 15 is 0 Å². The van der Waals surface area contributed by atoms with Crippen LogP contribution in [0.3, 0.4) is 0 Å². The van der Waals surface area contributed by atoms with Crippen LogP contribution >= 0.6 is 27.3 Å². The highest BCUT2D eigenvalue weighted by Crippen LogP contribution is 2.40. The zero-order chi connectivity index (χ0) is 23.8. The number of carbonyl (C=O) groups excluding carboxylic acids is 2. The first-order chi connectivity index (χ1) is 16.4. The van der Waals surface area contributed by atoms with Gasteiger partial charge in [-0.25, -0.2) is 4.98 Å². The normalized spacial score (nSPS) is 15.2. The molecule has 0 aliphatic heterocycles. The zero-order valence-corrected chi connectivity index (χ0v) is 21.1. The van der Waals surface area contributed by atoms with Crippen LogP contribution in [0.25, 0.3) is 22.2 Å². The molecular weight excluding hydrogens is 510 g/mol. The van der Waals surface area contributed by atoms with Crippen molar-refractivity contribution in [1.29, 1.82) is 0 Å². The molecule has 7 heteroatoms. The summed E-state index contributed by atoms with van der Waals surface area (Å²) in [5, 5.41) is 4.32. The number of carbonyl (C=O) groups is 2. The molecule has 0 fully saturated rings. The SMILES string of the molecule is CC[C@H]1CCc2c(sc(NC(=O)c3cc(-c4cccc(Br)c4)nc4ccccc34)c2C(N)=O)C1. The number of thiophene rings is 1. The number of para-hydroxylation sites is 1. The van der Waals surface area contributed by atoms with Crippen molar-refractivity contribution in [3.05, 3.63) is 80.6 Å². The van der Waals surface area contributed by atoms with E-state index in [1.54, 1.807) is 0 Å². The van der Waals surface area contributed by atoms with Crippen LogP contribution in [-0.4, -0.2) is 16.8 Å². The van der Waals surface area contributed by atoms with Crippen LogP contribution in [0.4, 0.5) is 5.00 Å². The first kappa shape index (κ1) is 22.7. The summed E-state index contributed by atoms with van der Waals surface area (Å²) in [4.78, 5) is 31.9. The van der Waals surface area contributed by atoms with Gasteiger partial charge in [-0.3, -0.25) is 9.59 Å². The van der Waals surface area contributed by atoms with E-state index in [2.05, 4.69) is 28.2 Å². The minimum absolute atomic E-state index is 0.275. The molecule has 0 radical (unpaired) electrons. The lowest BCUT2D eigenvalue weighted by molar-refractivity contribution is 0.1000. The van der Waals surface area contributed by atoms with Crippen LogP contribution in [-0.2, 0) is 12.8 Å². The van der Waals surface area contributed by atoms with E-state index in [-0.39, 0.29) is 5.91 Å². The van der Waals surface area contributed by atoms with Crippen molar-refractivity contribution in [2.75, 3.05) is 5.32 Å². The van der Waals surface area contributed by atoms with Gasteiger partial charge in [-0.05, 0) is 55.0 Å². The molecule has 0 bridgehead atoms. The number of pyridine rings is 1. The number of halogens is 1. The fourth-order valence-electron chi connectivity index (χ4n) is 4.68. The molecule has 0 unspecified atom stereocenters. The second kappa shape index (κ2) is 9.31. The highest BCUT2D eigenvalue weighted by molar-refractivity contribution is 9.10. The Kier molecular flexibility index (Phi) is 6.23. The van der Waals surface area contributed by atoms with Crippen molar-refractivity contribution in [3.8, 4) is 11.3 Å². The molecule has 172 valence electrons. The predicted octanol–water partition coefficient (Wildman–Crippen LogP) is 6.59. The summed E-state index contributed by atoms with van der Waals surface area (Å²) in [6.07, 6.45) is 3.90. The molecule has 4 aromatic rings. The van der Waals surface area contributed by atoms with Crippen molar-refractivity contribution < 1.29 is 9.59 Å². The molecule has 1 atom stereocenters. The van der Waals surface area contributed by atoms with Gasteiger partial charge in [0, 0.05) is 20.3 Å². The van der Waals surface area contributed by atoms with E-state index in [4.69, 9.17) is 10.7 Å². The van der Waals surface area contributed by atoms with Crippen LogP contribution in [0.1, 0.15) is 50.9 Å². The average molecular weight is 534 g/mol. The highest BCUT2D eigenvalue weighted by Gasteiger charge is 2.28. The molecule has 0 saturated carbocycles. The van der Waals surface area contributed by atoms with E-state index in [9.17, 15) is 9.59 Å². The molecule has 0 saturated heterocycles. The van der Waals surface area contributed by atoms with Gasteiger partial charge in [0.05, 0.1) is 22.3 Å². The van der Waals surface area contributed by atoms with Gasteiger partial charge in [0.2, 0.25) is 0 Å². The number of rotatable bonds is 5. The summed E-state index contributed by atoms with van der Waals surface area (Å²) in [6.45, 7) is 2.19. The van der Waals surface area contributed by atoms with E-state index in [0.717, 1.165) is 57.1 Å². The molecule has 2 aromatic heterocycles. The lowest BCUT2D eigenvalue weighted by Crippen LogP contribution is -2.20. The number of aromatic nitrogens is 1. The summed E-state index contributed by atoms with van der Waals surface area (Å²) >= 11 is 5.00. The van der Waals surface area contributed by atoms with Gasteiger partial charge in [-0.1, -0.05) is 59.6 Å². The first-order valence-electron chi connectivity index (χ1n) is 11.4. The number of hydrogen-bond donors (Lipinski definition) is 2. The topological polar surface area (TPSA) is 85.1 Å². The molecule has 2 heterocycles. The van der Waals surface area contributed by atoms with E-state index in [1.165, 1.54) is 11.3 Å². The fraction of sp³-hybridized carbons (Fsp3) is 0.222. The second-order valence-electron chi connectivity index (χ2n) is 8.63. The number of nitrogens with two attached hydrogens (primary N) is 1. The van der Waals surface area contributed by atoms with Crippen molar-refractivity contribution in [2.45, 2.75) is 32.6 Å². The molecule has 2 amide bonds. The van der Waals surface area contributed by atoms with Crippen LogP contribution in [0.15, 0.2) is 59.1 Å². The molecular formula is C27H24BrN3O2S. The van der Waals surface area contributed by atoms with Crippen LogP contribution < -0.4 is 11.1 Å². The Morgan fingerprint density at radius 2 is 2.00 bits per heavy atom.